The second-order valence-corrected chi connectivity index (χ2v) is 7.48. The highest BCUT2D eigenvalue weighted by Crippen LogP contribution is 2.31. The summed E-state index contributed by atoms with van der Waals surface area (Å²) >= 11 is 1.65. The van der Waals surface area contributed by atoms with Gasteiger partial charge in [-0.05, 0) is 45.1 Å². The lowest BCUT2D eigenvalue weighted by atomic mass is 9.84. The molecule has 0 atom stereocenters. The van der Waals surface area contributed by atoms with E-state index in [1.165, 1.54) is 29.8 Å². The van der Waals surface area contributed by atoms with Gasteiger partial charge in [-0.1, -0.05) is 36.8 Å². The Hall–Kier alpha value is -1.68. The van der Waals surface area contributed by atoms with E-state index in [-0.39, 0.29) is 5.91 Å². The van der Waals surface area contributed by atoms with E-state index in [1.54, 1.807) is 11.3 Å². The molecule has 0 unspecified atom stereocenters. The van der Waals surface area contributed by atoms with Gasteiger partial charge in [0, 0.05) is 4.88 Å². The number of nitrogens with zero attached hydrogens (tertiary/aromatic N) is 1. The topological polar surface area (TPSA) is 42.0 Å². The molecule has 0 saturated carbocycles. The highest BCUT2D eigenvalue weighted by molar-refractivity contribution is 7.15. The maximum Gasteiger partial charge on any atom is 0.236 e. The van der Waals surface area contributed by atoms with Crippen LogP contribution in [0.4, 0.5) is 5.13 Å². The summed E-state index contributed by atoms with van der Waals surface area (Å²) in [6, 6.07) is 9.90. The molecule has 3 nitrogen and oxygen atoms in total. The van der Waals surface area contributed by atoms with Crippen LogP contribution in [0.15, 0.2) is 30.3 Å². The van der Waals surface area contributed by atoms with Crippen molar-refractivity contribution in [3.63, 3.8) is 0 Å². The number of thiazole rings is 1. The number of aromatic nitrogens is 1. The number of hydrogen-bond donors (Lipinski definition) is 1. The Morgan fingerprint density at radius 3 is 2.64 bits per heavy atom. The lowest BCUT2D eigenvalue weighted by molar-refractivity contribution is -0.120. The number of rotatable bonds is 3. The Morgan fingerprint density at radius 1 is 1.14 bits per heavy atom. The zero-order valence-electron chi connectivity index (χ0n) is 13.2. The van der Waals surface area contributed by atoms with Crippen molar-refractivity contribution in [2.45, 2.75) is 51.4 Å². The number of fused-ring (bicyclic) bond motifs is 1. The molecule has 3 rings (SSSR count). The van der Waals surface area contributed by atoms with Gasteiger partial charge in [-0.2, -0.15) is 0 Å². The van der Waals surface area contributed by atoms with Gasteiger partial charge in [-0.25, -0.2) is 4.98 Å². The normalized spacial score (nSPS) is 15.0. The maximum absolute atomic E-state index is 12.7. The van der Waals surface area contributed by atoms with Gasteiger partial charge in [0.1, 0.15) is 0 Å². The van der Waals surface area contributed by atoms with Gasteiger partial charge in [0.05, 0.1) is 11.1 Å². The third kappa shape index (κ3) is 3.07. The molecular weight excluding hydrogens is 292 g/mol. The molecule has 0 bridgehead atoms. The van der Waals surface area contributed by atoms with Crippen LogP contribution in [0.2, 0.25) is 0 Å². The van der Waals surface area contributed by atoms with E-state index in [9.17, 15) is 4.79 Å². The molecule has 4 heteroatoms. The van der Waals surface area contributed by atoms with E-state index in [1.807, 2.05) is 44.2 Å². The standard InChI is InChI=1S/C18H22N2OS/c1-18(2,13-9-5-3-6-10-13)16(21)20-17-19-14-11-7-4-8-12-15(14)22-17/h3,5-6,9-10H,4,7-8,11-12H2,1-2H3,(H,19,20,21). The number of aryl methyl sites for hydroxylation is 2. The predicted octanol–water partition coefficient (Wildman–Crippen LogP) is 4.33. The third-order valence-corrected chi connectivity index (χ3v) is 5.45. The molecule has 1 amide bonds. The summed E-state index contributed by atoms with van der Waals surface area (Å²) in [4.78, 5) is 18.7. The average molecular weight is 314 g/mol. The van der Waals surface area contributed by atoms with E-state index >= 15 is 0 Å². The number of hydrogen-bond acceptors (Lipinski definition) is 3. The van der Waals surface area contributed by atoms with Crippen molar-refractivity contribution in [1.29, 1.82) is 0 Å². The molecule has 1 aromatic carbocycles. The monoisotopic (exact) mass is 314 g/mol. The second kappa shape index (κ2) is 6.21. The van der Waals surface area contributed by atoms with Gasteiger partial charge in [0.25, 0.3) is 0 Å². The second-order valence-electron chi connectivity index (χ2n) is 6.39. The average Bonchev–Trinajstić information content (AvgIpc) is 2.76. The van der Waals surface area contributed by atoms with Gasteiger partial charge in [-0.15, -0.1) is 11.3 Å². The van der Waals surface area contributed by atoms with E-state index in [2.05, 4.69) is 10.3 Å². The van der Waals surface area contributed by atoms with Crippen LogP contribution in [-0.4, -0.2) is 10.9 Å². The zero-order chi connectivity index (χ0) is 15.6. The molecule has 2 aromatic rings. The number of benzene rings is 1. The lowest BCUT2D eigenvalue weighted by Gasteiger charge is -2.23. The molecule has 116 valence electrons. The van der Waals surface area contributed by atoms with Crippen molar-refractivity contribution in [2.75, 3.05) is 5.32 Å². The van der Waals surface area contributed by atoms with Crippen molar-refractivity contribution in [3.8, 4) is 0 Å². The lowest BCUT2D eigenvalue weighted by Crippen LogP contribution is -2.34. The molecule has 0 spiro atoms. The molecule has 1 aromatic heterocycles. The van der Waals surface area contributed by atoms with E-state index < -0.39 is 5.41 Å². The minimum absolute atomic E-state index is 0.00242. The van der Waals surface area contributed by atoms with Crippen LogP contribution in [0, 0.1) is 0 Å². The summed E-state index contributed by atoms with van der Waals surface area (Å²) in [5.74, 6) is 0.00242. The highest BCUT2D eigenvalue weighted by Gasteiger charge is 2.30. The van der Waals surface area contributed by atoms with Crippen molar-refractivity contribution in [2.24, 2.45) is 0 Å². The van der Waals surface area contributed by atoms with Gasteiger partial charge in [0.15, 0.2) is 5.13 Å². The van der Waals surface area contributed by atoms with Crippen LogP contribution in [-0.2, 0) is 23.1 Å². The maximum atomic E-state index is 12.7. The Balaban J connectivity index is 1.77. The molecule has 1 aliphatic rings. The Kier molecular flexibility index (Phi) is 4.30. The molecule has 22 heavy (non-hydrogen) atoms. The van der Waals surface area contributed by atoms with Gasteiger partial charge < -0.3 is 5.32 Å². The molecule has 1 N–H and O–H groups in total. The fourth-order valence-corrected chi connectivity index (χ4v) is 3.87. The van der Waals surface area contributed by atoms with Crippen LogP contribution < -0.4 is 5.32 Å². The van der Waals surface area contributed by atoms with Gasteiger partial charge >= 0.3 is 0 Å². The summed E-state index contributed by atoms with van der Waals surface area (Å²) in [7, 11) is 0. The van der Waals surface area contributed by atoms with Gasteiger partial charge in [0.2, 0.25) is 5.91 Å². The van der Waals surface area contributed by atoms with Crippen LogP contribution in [0.5, 0.6) is 0 Å². The number of nitrogens with one attached hydrogen (secondary N) is 1. The Morgan fingerprint density at radius 2 is 1.86 bits per heavy atom. The molecule has 0 radical (unpaired) electrons. The first-order valence-corrected chi connectivity index (χ1v) is 8.74. The minimum Gasteiger partial charge on any atom is -0.301 e. The quantitative estimate of drug-likeness (QED) is 0.857. The SMILES string of the molecule is CC(C)(C(=O)Nc1nc2c(s1)CCCCC2)c1ccccc1. The summed E-state index contributed by atoms with van der Waals surface area (Å²) in [5, 5.41) is 3.78. The zero-order valence-corrected chi connectivity index (χ0v) is 14.0. The highest BCUT2D eigenvalue weighted by atomic mass is 32.1. The Labute approximate surface area is 135 Å². The molecule has 0 fully saturated rings. The molecular formula is C18H22N2OS. The van der Waals surface area contributed by atoms with Gasteiger partial charge in [-0.3, -0.25) is 4.79 Å². The van der Waals surface area contributed by atoms with Crippen molar-refractivity contribution >= 4 is 22.4 Å². The molecule has 1 heterocycles. The fraction of sp³-hybridized carbons (Fsp3) is 0.444. The smallest absolute Gasteiger partial charge is 0.236 e. The first-order valence-electron chi connectivity index (χ1n) is 7.93. The summed E-state index contributed by atoms with van der Waals surface area (Å²) in [5.41, 5.74) is 1.64. The summed E-state index contributed by atoms with van der Waals surface area (Å²) in [6.45, 7) is 3.91. The van der Waals surface area contributed by atoms with Crippen LogP contribution in [0.3, 0.4) is 0 Å². The van der Waals surface area contributed by atoms with Crippen LogP contribution in [0.25, 0.3) is 0 Å². The first kappa shape index (κ1) is 15.2. The number of anilines is 1. The fourth-order valence-electron chi connectivity index (χ4n) is 2.82. The van der Waals surface area contributed by atoms with Crippen molar-refractivity contribution in [1.82, 2.24) is 4.98 Å². The number of carbonyl (C=O) groups excluding carboxylic acids is 1. The Bertz CT molecular complexity index is 637. The number of carbonyl (C=O) groups is 1. The van der Waals surface area contributed by atoms with E-state index in [4.69, 9.17) is 0 Å². The van der Waals surface area contributed by atoms with Crippen molar-refractivity contribution in [3.05, 3.63) is 46.5 Å². The molecule has 1 aliphatic carbocycles. The van der Waals surface area contributed by atoms with Crippen LogP contribution >= 0.6 is 11.3 Å². The first-order chi connectivity index (χ1) is 10.6. The third-order valence-electron chi connectivity index (χ3n) is 4.38. The molecule has 0 aliphatic heterocycles. The summed E-state index contributed by atoms with van der Waals surface area (Å²) in [6.07, 6.45) is 5.87. The minimum atomic E-state index is -0.565. The number of amides is 1. The van der Waals surface area contributed by atoms with E-state index in [0.717, 1.165) is 23.5 Å². The van der Waals surface area contributed by atoms with E-state index in [0.29, 0.717) is 0 Å². The molecule has 0 saturated heterocycles. The summed E-state index contributed by atoms with van der Waals surface area (Å²) < 4.78 is 0. The largest absolute Gasteiger partial charge is 0.301 e. The van der Waals surface area contributed by atoms with Crippen LogP contribution in [0.1, 0.15) is 49.2 Å². The van der Waals surface area contributed by atoms with Crippen molar-refractivity contribution < 1.29 is 4.79 Å². The predicted molar refractivity (Wildman–Crippen MR) is 91.5 cm³/mol.